The summed E-state index contributed by atoms with van der Waals surface area (Å²) in [6.07, 6.45) is -8.30. The van der Waals surface area contributed by atoms with E-state index in [1.54, 1.807) is 32.9 Å². The number of carbonyl (C=O) groups is 2. The highest BCUT2D eigenvalue weighted by atomic mass is 19.4. The fraction of sp³-hybridized carbons (Fsp3) is 0.250. The molecular formula is C28H24F6N4O3. The Kier molecular flexibility index (Phi) is 7.74. The largest absolute Gasteiger partial charge is 0.573 e. The number of nitrogens with zero attached hydrogens (tertiary/aromatic N) is 2. The minimum absolute atomic E-state index is 0.0797. The van der Waals surface area contributed by atoms with Crippen LogP contribution in [0.15, 0.2) is 66.9 Å². The maximum absolute atomic E-state index is 13.8. The average molecular weight is 579 g/mol. The van der Waals surface area contributed by atoms with E-state index in [4.69, 9.17) is 0 Å². The van der Waals surface area contributed by atoms with Gasteiger partial charge in [-0.05, 0) is 54.1 Å². The van der Waals surface area contributed by atoms with Crippen LogP contribution < -0.4 is 15.4 Å². The molecule has 0 aliphatic carbocycles. The van der Waals surface area contributed by atoms with Crippen LogP contribution in [0.1, 0.15) is 42.3 Å². The molecule has 1 heterocycles. The third-order valence-corrected chi connectivity index (χ3v) is 5.94. The average Bonchev–Trinajstić information content (AvgIpc) is 3.30. The summed E-state index contributed by atoms with van der Waals surface area (Å²) in [5, 5.41) is 9.75. The summed E-state index contributed by atoms with van der Waals surface area (Å²) in [4.78, 5) is 25.4. The minimum atomic E-state index is -4.85. The molecule has 4 rings (SSSR count). The van der Waals surface area contributed by atoms with Crippen molar-refractivity contribution in [3.63, 3.8) is 0 Å². The number of hydrogen-bond donors (Lipinski definition) is 2. The Hall–Kier alpha value is -4.55. The topological polar surface area (TPSA) is 85.3 Å². The van der Waals surface area contributed by atoms with Crippen LogP contribution in [0.25, 0.3) is 16.6 Å². The van der Waals surface area contributed by atoms with E-state index in [9.17, 15) is 35.9 Å². The zero-order valence-corrected chi connectivity index (χ0v) is 21.9. The van der Waals surface area contributed by atoms with Crippen molar-refractivity contribution >= 4 is 28.4 Å². The van der Waals surface area contributed by atoms with Gasteiger partial charge in [-0.1, -0.05) is 32.9 Å². The predicted molar refractivity (Wildman–Crippen MR) is 138 cm³/mol. The number of halogens is 6. The summed E-state index contributed by atoms with van der Waals surface area (Å²) in [5.41, 5.74) is -1.23. The molecule has 13 heteroatoms. The zero-order chi connectivity index (χ0) is 30.2. The summed E-state index contributed by atoms with van der Waals surface area (Å²) in [5.74, 6) is -1.77. The number of alkyl halides is 6. The molecule has 3 aromatic carbocycles. The van der Waals surface area contributed by atoms with Crippen LogP contribution in [0.5, 0.6) is 5.75 Å². The van der Waals surface area contributed by atoms with Crippen molar-refractivity contribution in [2.45, 2.75) is 39.9 Å². The molecule has 0 saturated carbocycles. The molecule has 0 saturated heterocycles. The summed E-state index contributed by atoms with van der Waals surface area (Å²) in [6, 6.07) is 12.6. The third kappa shape index (κ3) is 6.97. The van der Waals surface area contributed by atoms with Crippen LogP contribution in [-0.2, 0) is 17.5 Å². The number of benzene rings is 3. The number of fused-ring (bicyclic) bond motifs is 1. The second-order valence-corrected chi connectivity index (χ2v) is 10.1. The van der Waals surface area contributed by atoms with E-state index in [-0.39, 0.29) is 18.1 Å². The van der Waals surface area contributed by atoms with Gasteiger partial charge in [0, 0.05) is 17.3 Å². The first kappa shape index (κ1) is 29.4. The van der Waals surface area contributed by atoms with Crippen molar-refractivity contribution < 1.29 is 40.7 Å². The van der Waals surface area contributed by atoms with Gasteiger partial charge in [-0.25, -0.2) is 4.68 Å². The Balaban J connectivity index is 1.62. The van der Waals surface area contributed by atoms with Gasteiger partial charge in [0.25, 0.3) is 5.91 Å². The van der Waals surface area contributed by atoms with Crippen LogP contribution in [-0.4, -0.2) is 28.0 Å². The summed E-state index contributed by atoms with van der Waals surface area (Å²) in [7, 11) is 0. The van der Waals surface area contributed by atoms with E-state index in [0.717, 1.165) is 24.3 Å². The van der Waals surface area contributed by atoms with Gasteiger partial charge in [-0.15, -0.1) is 13.2 Å². The molecule has 0 bridgehead atoms. The van der Waals surface area contributed by atoms with E-state index < -0.39 is 40.7 Å². The van der Waals surface area contributed by atoms with Crippen LogP contribution in [0.2, 0.25) is 0 Å². The lowest BCUT2D eigenvalue weighted by Gasteiger charge is -2.19. The number of anilines is 1. The Morgan fingerprint density at radius 1 is 0.927 bits per heavy atom. The van der Waals surface area contributed by atoms with Crippen LogP contribution in [0, 0.1) is 5.41 Å². The standard InChI is InChI=1S/C28H24F6N4O3/c1-26(2,3)25(40)35-14-16-7-12-21(27(29,30)31)19(13-16)24(39)37-22-5-4-6-23-20(22)15-36-38(23)17-8-10-18(11-9-17)41-28(32,33)34/h4-13,15H,14H2,1-3H3,(H,35,40)(H,37,39). The molecule has 0 radical (unpaired) electrons. The fourth-order valence-electron chi connectivity index (χ4n) is 3.93. The van der Waals surface area contributed by atoms with E-state index in [1.165, 1.54) is 35.1 Å². The van der Waals surface area contributed by atoms with Crippen LogP contribution in [0.4, 0.5) is 32.0 Å². The lowest BCUT2D eigenvalue weighted by atomic mass is 9.95. The lowest BCUT2D eigenvalue weighted by Crippen LogP contribution is -2.34. The number of carbonyl (C=O) groups excluding carboxylic acids is 2. The summed E-state index contributed by atoms with van der Waals surface area (Å²) < 4.78 is 84.0. The Morgan fingerprint density at radius 2 is 1.61 bits per heavy atom. The normalized spacial score (nSPS) is 12.3. The smallest absolute Gasteiger partial charge is 0.406 e. The lowest BCUT2D eigenvalue weighted by molar-refractivity contribution is -0.274. The first-order chi connectivity index (χ1) is 19.0. The molecule has 7 nitrogen and oxygen atoms in total. The highest BCUT2D eigenvalue weighted by molar-refractivity contribution is 6.09. The maximum Gasteiger partial charge on any atom is 0.573 e. The van der Waals surface area contributed by atoms with Crippen molar-refractivity contribution in [1.29, 1.82) is 0 Å². The van der Waals surface area contributed by atoms with Crippen molar-refractivity contribution in [1.82, 2.24) is 15.1 Å². The number of amides is 2. The maximum atomic E-state index is 13.8. The molecule has 0 atom stereocenters. The Morgan fingerprint density at radius 3 is 2.22 bits per heavy atom. The van der Waals surface area contributed by atoms with Gasteiger partial charge in [-0.3, -0.25) is 9.59 Å². The second kappa shape index (κ2) is 10.8. The van der Waals surface area contributed by atoms with E-state index in [0.29, 0.717) is 22.2 Å². The van der Waals surface area contributed by atoms with Gasteiger partial charge in [-0.2, -0.15) is 18.3 Å². The number of nitrogens with one attached hydrogen (secondary N) is 2. The number of ether oxygens (including phenoxy) is 1. The molecule has 0 aliphatic rings. The molecule has 2 amide bonds. The van der Waals surface area contributed by atoms with E-state index >= 15 is 0 Å². The molecule has 0 fully saturated rings. The molecule has 0 unspecified atom stereocenters. The van der Waals surface area contributed by atoms with Crippen molar-refractivity contribution in [3.8, 4) is 11.4 Å². The molecule has 0 spiro atoms. The second-order valence-electron chi connectivity index (χ2n) is 10.1. The van der Waals surface area contributed by atoms with Crippen LogP contribution in [0.3, 0.4) is 0 Å². The molecular weight excluding hydrogens is 554 g/mol. The van der Waals surface area contributed by atoms with E-state index in [1.807, 2.05) is 0 Å². The third-order valence-electron chi connectivity index (χ3n) is 5.94. The van der Waals surface area contributed by atoms with Crippen molar-refractivity contribution in [2.24, 2.45) is 5.41 Å². The van der Waals surface area contributed by atoms with Crippen molar-refractivity contribution in [3.05, 3.63) is 83.6 Å². The molecule has 0 aliphatic heterocycles. The summed E-state index contributed by atoms with van der Waals surface area (Å²) >= 11 is 0. The molecule has 1 aromatic heterocycles. The van der Waals surface area contributed by atoms with Crippen molar-refractivity contribution in [2.75, 3.05) is 5.32 Å². The highest BCUT2D eigenvalue weighted by Gasteiger charge is 2.35. The molecule has 2 N–H and O–H groups in total. The van der Waals surface area contributed by atoms with Gasteiger partial charge >= 0.3 is 12.5 Å². The number of rotatable bonds is 6. The van der Waals surface area contributed by atoms with E-state index in [2.05, 4.69) is 20.5 Å². The molecule has 41 heavy (non-hydrogen) atoms. The molecule has 4 aromatic rings. The summed E-state index contributed by atoms with van der Waals surface area (Å²) in [6.45, 7) is 4.99. The molecule has 216 valence electrons. The highest BCUT2D eigenvalue weighted by Crippen LogP contribution is 2.34. The number of hydrogen-bond acceptors (Lipinski definition) is 4. The van der Waals surface area contributed by atoms with Gasteiger partial charge in [0.1, 0.15) is 5.75 Å². The minimum Gasteiger partial charge on any atom is -0.406 e. The van der Waals surface area contributed by atoms with Gasteiger partial charge in [0.05, 0.1) is 34.2 Å². The first-order valence-electron chi connectivity index (χ1n) is 12.2. The fourth-order valence-corrected chi connectivity index (χ4v) is 3.93. The monoisotopic (exact) mass is 578 g/mol. The predicted octanol–water partition coefficient (Wildman–Crippen LogP) is 6.86. The SMILES string of the molecule is CC(C)(C)C(=O)NCc1ccc(C(F)(F)F)c(C(=O)Nc2cccc3c2cnn3-c2ccc(OC(F)(F)F)cc2)c1. The quantitative estimate of drug-likeness (QED) is 0.245. The Bertz CT molecular complexity index is 1590. The van der Waals surface area contributed by atoms with Crippen LogP contribution >= 0.6 is 0 Å². The number of aromatic nitrogens is 2. The van der Waals surface area contributed by atoms with Gasteiger partial charge in [0.15, 0.2) is 0 Å². The first-order valence-corrected chi connectivity index (χ1v) is 12.2. The van der Waals surface area contributed by atoms with Gasteiger partial charge in [0.2, 0.25) is 5.91 Å². The zero-order valence-electron chi connectivity index (χ0n) is 21.9. The Labute approximate surface area is 230 Å². The van der Waals surface area contributed by atoms with Gasteiger partial charge < -0.3 is 15.4 Å².